The van der Waals surface area contributed by atoms with Crippen molar-refractivity contribution in [3.8, 4) is 11.4 Å². The first-order valence-electron chi connectivity index (χ1n) is 12.5. The Morgan fingerprint density at radius 1 is 1.11 bits per heavy atom. The van der Waals surface area contributed by atoms with Crippen LogP contribution in [-0.2, 0) is 11.2 Å². The maximum atomic E-state index is 14.9. The van der Waals surface area contributed by atoms with E-state index in [-0.39, 0.29) is 23.5 Å². The largest absolute Gasteiger partial charge is 0.325 e. The number of carbonyl (C=O) groups is 1. The molecule has 1 atom stereocenters. The second-order valence-corrected chi connectivity index (χ2v) is 9.94. The Hall–Kier alpha value is -3.79. The molecule has 1 saturated heterocycles. The summed E-state index contributed by atoms with van der Waals surface area (Å²) in [5.41, 5.74) is 3.48. The molecule has 0 N–H and O–H groups in total. The van der Waals surface area contributed by atoms with E-state index >= 15 is 0 Å². The summed E-state index contributed by atoms with van der Waals surface area (Å²) < 4.78 is 16.8. The second-order valence-electron chi connectivity index (χ2n) is 9.94. The van der Waals surface area contributed by atoms with Gasteiger partial charge < -0.3 is 9.47 Å². The van der Waals surface area contributed by atoms with Gasteiger partial charge in [-0.05, 0) is 72.0 Å². The second kappa shape index (κ2) is 9.93. The summed E-state index contributed by atoms with van der Waals surface area (Å²) in [7, 11) is 3.87. The summed E-state index contributed by atoms with van der Waals surface area (Å²) in [4.78, 5) is 38.7. The first-order chi connectivity index (χ1) is 17.7. The van der Waals surface area contributed by atoms with E-state index in [9.17, 15) is 9.18 Å². The lowest BCUT2D eigenvalue weighted by molar-refractivity contribution is -0.124. The lowest BCUT2D eigenvalue weighted by Gasteiger charge is -2.35. The third-order valence-corrected chi connectivity index (χ3v) is 6.79. The molecule has 4 aromatic rings. The maximum absolute atomic E-state index is 14.9. The topological polar surface area (TPSA) is 92.9 Å². The fourth-order valence-electron chi connectivity index (χ4n) is 5.02. The number of carbonyl (C=O) groups excluding carboxylic acids is 1. The van der Waals surface area contributed by atoms with Gasteiger partial charge in [0, 0.05) is 24.5 Å². The first kappa shape index (κ1) is 24.9. The number of likely N-dealkylation sites (N-methyl/N-ethyl adjacent to an activating group) is 1. The Kier molecular flexibility index (Phi) is 6.68. The molecule has 10 heteroatoms. The number of nitrogens with zero attached hydrogens (tertiary/aromatic N) is 8. The van der Waals surface area contributed by atoms with Crippen molar-refractivity contribution in [2.45, 2.75) is 52.1 Å². The predicted molar refractivity (Wildman–Crippen MR) is 140 cm³/mol. The Morgan fingerprint density at radius 2 is 1.92 bits per heavy atom. The number of imidazole rings is 1. The molecule has 9 nitrogen and oxygen atoms in total. The summed E-state index contributed by atoms with van der Waals surface area (Å²) in [5.74, 6) is 0.781. The molecule has 0 unspecified atom stereocenters. The lowest BCUT2D eigenvalue weighted by Crippen LogP contribution is -2.50. The van der Waals surface area contributed by atoms with Crippen molar-refractivity contribution in [1.82, 2.24) is 34.4 Å². The van der Waals surface area contributed by atoms with Crippen molar-refractivity contribution in [3.63, 3.8) is 0 Å². The highest BCUT2D eigenvalue weighted by Gasteiger charge is 2.31. The number of anilines is 1. The molecule has 1 amide bonds. The van der Waals surface area contributed by atoms with Crippen LogP contribution in [0, 0.1) is 12.9 Å². The number of aryl methyl sites for hydroxylation is 1. The van der Waals surface area contributed by atoms with Crippen molar-refractivity contribution in [2.24, 2.45) is 0 Å². The van der Waals surface area contributed by atoms with Gasteiger partial charge in [0.2, 0.25) is 11.9 Å². The van der Waals surface area contributed by atoms with E-state index in [0.717, 1.165) is 30.0 Å². The standard InChI is InChI=1S/C27H31FN8O/c1-16(2)36-17(3)31-25-23(36)14-21(33-26(25)28)20-10-11-29-24(32-20)13-18-8-9-19(15-30-18)35-12-6-7-22(27(35)37)34(4)5/h8-11,14-16,22H,6-7,12-13H2,1-5H3/t22-/m0/s1. The first-order valence-corrected chi connectivity index (χ1v) is 12.5. The van der Waals surface area contributed by atoms with Gasteiger partial charge in [-0.3, -0.25) is 14.7 Å². The van der Waals surface area contributed by atoms with Crippen molar-refractivity contribution in [3.05, 3.63) is 59.9 Å². The summed E-state index contributed by atoms with van der Waals surface area (Å²) >= 11 is 0. The number of pyridine rings is 2. The van der Waals surface area contributed by atoms with Gasteiger partial charge in [0.25, 0.3) is 0 Å². The highest BCUT2D eigenvalue weighted by molar-refractivity contribution is 5.97. The van der Waals surface area contributed by atoms with Gasteiger partial charge in [-0.25, -0.2) is 19.9 Å². The third-order valence-electron chi connectivity index (χ3n) is 6.79. The zero-order chi connectivity index (χ0) is 26.3. The highest BCUT2D eigenvalue weighted by atomic mass is 19.1. The van der Waals surface area contributed by atoms with Crippen LogP contribution in [0.3, 0.4) is 0 Å². The van der Waals surface area contributed by atoms with Gasteiger partial charge in [0.1, 0.15) is 17.2 Å². The normalized spacial score (nSPS) is 16.4. The van der Waals surface area contributed by atoms with E-state index in [1.165, 1.54) is 0 Å². The average Bonchev–Trinajstić information content (AvgIpc) is 3.21. The third kappa shape index (κ3) is 4.81. The molecule has 0 saturated carbocycles. The molecule has 1 aliphatic heterocycles. The van der Waals surface area contributed by atoms with E-state index in [1.54, 1.807) is 18.5 Å². The number of aromatic nitrogens is 6. The minimum absolute atomic E-state index is 0.104. The van der Waals surface area contributed by atoms with Crippen LogP contribution in [0.25, 0.3) is 22.4 Å². The molecule has 0 bridgehead atoms. The Morgan fingerprint density at radius 3 is 2.62 bits per heavy atom. The van der Waals surface area contributed by atoms with E-state index in [2.05, 4.69) is 24.9 Å². The van der Waals surface area contributed by atoms with Crippen LogP contribution >= 0.6 is 0 Å². The molecule has 4 aromatic heterocycles. The van der Waals surface area contributed by atoms with Gasteiger partial charge in [-0.2, -0.15) is 4.39 Å². The van der Waals surface area contributed by atoms with Crippen LogP contribution in [0.15, 0.2) is 36.7 Å². The minimum Gasteiger partial charge on any atom is -0.325 e. The molecular weight excluding hydrogens is 471 g/mol. The fraction of sp³-hybridized carbons (Fsp3) is 0.407. The number of hydrogen-bond donors (Lipinski definition) is 0. The number of piperidine rings is 1. The van der Waals surface area contributed by atoms with Crippen LogP contribution in [0.2, 0.25) is 0 Å². The van der Waals surface area contributed by atoms with Gasteiger partial charge >= 0.3 is 0 Å². The monoisotopic (exact) mass is 502 g/mol. The minimum atomic E-state index is -0.615. The fourth-order valence-corrected chi connectivity index (χ4v) is 5.02. The van der Waals surface area contributed by atoms with Crippen molar-refractivity contribution in [1.29, 1.82) is 0 Å². The molecule has 0 aliphatic carbocycles. The molecule has 1 aliphatic rings. The van der Waals surface area contributed by atoms with Gasteiger partial charge in [0.05, 0.1) is 41.3 Å². The van der Waals surface area contributed by atoms with Crippen molar-refractivity contribution in [2.75, 3.05) is 25.5 Å². The molecular formula is C27H31FN8O. The summed E-state index contributed by atoms with van der Waals surface area (Å²) in [6.45, 7) is 6.63. The number of halogens is 1. The zero-order valence-electron chi connectivity index (χ0n) is 21.8. The van der Waals surface area contributed by atoms with Crippen LogP contribution in [0.4, 0.5) is 10.1 Å². The van der Waals surface area contributed by atoms with Crippen LogP contribution in [-0.4, -0.2) is 67.0 Å². The number of fused-ring (bicyclic) bond motifs is 1. The molecule has 5 heterocycles. The van der Waals surface area contributed by atoms with E-state index < -0.39 is 5.95 Å². The summed E-state index contributed by atoms with van der Waals surface area (Å²) in [5, 5.41) is 0. The molecule has 0 aromatic carbocycles. The van der Waals surface area contributed by atoms with E-state index in [0.29, 0.717) is 35.7 Å². The lowest BCUT2D eigenvalue weighted by atomic mass is 10.0. The van der Waals surface area contributed by atoms with Crippen LogP contribution < -0.4 is 4.90 Å². The van der Waals surface area contributed by atoms with Crippen molar-refractivity contribution < 1.29 is 9.18 Å². The smallest absolute Gasteiger partial charge is 0.244 e. The Balaban J connectivity index is 1.38. The quantitative estimate of drug-likeness (QED) is 0.369. The molecule has 0 spiro atoms. The molecule has 0 radical (unpaired) electrons. The predicted octanol–water partition coefficient (Wildman–Crippen LogP) is 3.96. The number of amides is 1. The number of hydrogen-bond acceptors (Lipinski definition) is 7. The molecule has 1 fully saturated rings. The van der Waals surface area contributed by atoms with Crippen molar-refractivity contribution >= 4 is 22.6 Å². The summed E-state index contributed by atoms with van der Waals surface area (Å²) in [6, 6.07) is 7.39. The summed E-state index contributed by atoms with van der Waals surface area (Å²) in [6.07, 6.45) is 5.60. The van der Waals surface area contributed by atoms with Gasteiger partial charge in [-0.1, -0.05) is 0 Å². The Labute approximate surface area is 215 Å². The maximum Gasteiger partial charge on any atom is 0.244 e. The average molecular weight is 503 g/mol. The molecule has 5 rings (SSSR count). The Bertz CT molecular complexity index is 1450. The zero-order valence-corrected chi connectivity index (χ0v) is 21.8. The SMILES string of the molecule is Cc1nc2c(F)nc(-c3ccnc(Cc4ccc(N5CCC[C@H](N(C)C)C5=O)cn4)n3)cc2n1C(C)C. The molecule has 37 heavy (non-hydrogen) atoms. The number of rotatable bonds is 6. The van der Waals surface area contributed by atoms with Crippen LogP contribution in [0.1, 0.15) is 50.1 Å². The van der Waals surface area contributed by atoms with Gasteiger partial charge in [0.15, 0.2) is 0 Å². The molecule has 192 valence electrons. The van der Waals surface area contributed by atoms with E-state index in [1.807, 2.05) is 67.4 Å². The van der Waals surface area contributed by atoms with Gasteiger partial charge in [-0.15, -0.1) is 0 Å². The van der Waals surface area contributed by atoms with Crippen LogP contribution in [0.5, 0.6) is 0 Å². The highest BCUT2D eigenvalue weighted by Crippen LogP contribution is 2.27. The van der Waals surface area contributed by atoms with E-state index in [4.69, 9.17) is 0 Å².